The molecule has 3 rings (SSSR count). The molecule has 2 nitrogen and oxygen atoms in total. The van der Waals surface area contributed by atoms with Gasteiger partial charge in [-0.05, 0) is 55.8 Å². The van der Waals surface area contributed by atoms with Crippen LogP contribution in [-0.2, 0) is 13.0 Å². The van der Waals surface area contributed by atoms with Crippen molar-refractivity contribution in [3.8, 4) is 0 Å². The highest BCUT2D eigenvalue weighted by molar-refractivity contribution is 5.56. The van der Waals surface area contributed by atoms with Gasteiger partial charge in [0.2, 0.25) is 0 Å². The summed E-state index contributed by atoms with van der Waals surface area (Å²) in [5.74, 6) is 0. The summed E-state index contributed by atoms with van der Waals surface area (Å²) < 4.78 is 0. The van der Waals surface area contributed by atoms with E-state index in [1.807, 2.05) is 0 Å². The smallest absolute Gasteiger partial charge is 0.0375 e. The summed E-state index contributed by atoms with van der Waals surface area (Å²) in [5.41, 5.74) is 4.53. The third-order valence-electron chi connectivity index (χ3n) is 5.04. The molecule has 1 fully saturated rings. The molecule has 2 aliphatic rings. The highest BCUT2D eigenvalue weighted by Crippen LogP contribution is 2.28. The maximum Gasteiger partial charge on any atom is 0.0375 e. The lowest BCUT2D eigenvalue weighted by atomic mass is 9.96. The second-order valence-electron chi connectivity index (χ2n) is 6.36. The minimum absolute atomic E-state index is 0.796. The molecule has 0 bridgehead atoms. The van der Waals surface area contributed by atoms with Gasteiger partial charge in [0.05, 0.1) is 0 Å². The lowest BCUT2D eigenvalue weighted by Gasteiger charge is -2.31. The van der Waals surface area contributed by atoms with Crippen LogP contribution < -0.4 is 5.32 Å². The first-order valence-corrected chi connectivity index (χ1v) is 8.47. The molecule has 1 unspecified atom stereocenters. The van der Waals surface area contributed by atoms with Gasteiger partial charge in [-0.3, -0.25) is 4.90 Å². The number of nitrogens with one attached hydrogen (secondary N) is 1. The Balaban J connectivity index is 1.79. The highest BCUT2D eigenvalue weighted by atomic mass is 15.2. The van der Waals surface area contributed by atoms with Gasteiger partial charge in [0.1, 0.15) is 0 Å². The van der Waals surface area contributed by atoms with Crippen molar-refractivity contribution < 1.29 is 0 Å². The fourth-order valence-corrected chi connectivity index (χ4v) is 3.86. The molecule has 110 valence electrons. The molecule has 1 aromatic rings. The maximum atomic E-state index is 3.56. The molecular formula is C18H28N2. The van der Waals surface area contributed by atoms with E-state index in [1.165, 1.54) is 57.2 Å². The van der Waals surface area contributed by atoms with Gasteiger partial charge < -0.3 is 5.32 Å². The van der Waals surface area contributed by atoms with Crippen molar-refractivity contribution in [3.63, 3.8) is 0 Å². The lowest BCUT2D eigenvalue weighted by molar-refractivity contribution is 0.185. The normalized spacial score (nSPS) is 23.8. The summed E-state index contributed by atoms with van der Waals surface area (Å²) in [6, 6.07) is 7.62. The van der Waals surface area contributed by atoms with Crippen LogP contribution >= 0.6 is 0 Å². The van der Waals surface area contributed by atoms with Crippen molar-refractivity contribution in [2.45, 2.75) is 64.5 Å². The Morgan fingerprint density at radius 2 is 2.15 bits per heavy atom. The van der Waals surface area contributed by atoms with Gasteiger partial charge >= 0.3 is 0 Å². The van der Waals surface area contributed by atoms with Crippen molar-refractivity contribution in [2.75, 3.05) is 18.4 Å². The van der Waals surface area contributed by atoms with Crippen molar-refractivity contribution in [2.24, 2.45) is 0 Å². The minimum Gasteiger partial charge on any atom is -0.385 e. The average molecular weight is 272 g/mol. The van der Waals surface area contributed by atoms with Gasteiger partial charge in [-0.25, -0.2) is 0 Å². The number of likely N-dealkylation sites (tertiary alicyclic amines) is 1. The summed E-state index contributed by atoms with van der Waals surface area (Å²) in [6.07, 6.45) is 9.44. The largest absolute Gasteiger partial charge is 0.385 e. The van der Waals surface area contributed by atoms with Crippen LogP contribution in [0.3, 0.4) is 0 Å². The zero-order chi connectivity index (χ0) is 13.8. The van der Waals surface area contributed by atoms with Gasteiger partial charge in [-0.1, -0.05) is 31.9 Å². The van der Waals surface area contributed by atoms with E-state index in [2.05, 4.69) is 35.3 Å². The van der Waals surface area contributed by atoms with Crippen LogP contribution in [0.1, 0.15) is 56.6 Å². The van der Waals surface area contributed by atoms with Crippen LogP contribution in [0.4, 0.5) is 5.69 Å². The van der Waals surface area contributed by atoms with Crippen molar-refractivity contribution >= 4 is 5.69 Å². The molecule has 2 aliphatic heterocycles. The number of anilines is 1. The second kappa shape index (κ2) is 6.62. The minimum atomic E-state index is 0.796. The van der Waals surface area contributed by atoms with Crippen molar-refractivity contribution in [1.29, 1.82) is 0 Å². The quantitative estimate of drug-likeness (QED) is 0.887. The number of rotatable bonds is 3. The fourth-order valence-electron chi connectivity index (χ4n) is 3.86. The Bertz CT molecular complexity index is 441. The Kier molecular flexibility index (Phi) is 4.62. The molecule has 2 heterocycles. The molecule has 1 aromatic carbocycles. The lowest BCUT2D eigenvalue weighted by Crippen LogP contribution is -2.34. The number of fused-ring (bicyclic) bond motifs is 1. The third kappa shape index (κ3) is 3.01. The first kappa shape index (κ1) is 13.9. The van der Waals surface area contributed by atoms with Crippen molar-refractivity contribution in [1.82, 2.24) is 4.90 Å². The molecule has 2 heteroatoms. The molecule has 1 saturated heterocycles. The Morgan fingerprint density at radius 3 is 3.05 bits per heavy atom. The van der Waals surface area contributed by atoms with Crippen molar-refractivity contribution in [3.05, 3.63) is 29.3 Å². The molecule has 0 aromatic heterocycles. The first-order valence-electron chi connectivity index (χ1n) is 8.47. The maximum absolute atomic E-state index is 3.56. The van der Waals surface area contributed by atoms with Crippen LogP contribution in [-0.4, -0.2) is 24.0 Å². The Labute approximate surface area is 123 Å². The van der Waals surface area contributed by atoms with E-state index in [1.54, 1.807) is 11.1 Å². The average Bonchev–Trinajstić information content (AvgIpc) is 2.72. The molecule has 0 amide bonds. The SMILES string of the molecule is CCC1CCCCCN1Cc1cccc2c1CCCN2. The predicted molar refractivity (Wildman–Crippen MR) is 86.2 cm³/mol. The van der Waals surface area contributed by atoms with Crippen LogP contribution in [0.5, 0.6) is 0 Å². The fraction of sp³-hybridized carbons (Fsp3) is 0.667. The third-order valence-corrected chi connectivity index (χ3v) is 5.04. The summed E-state index contributed by atoms with van der Waals surface area (Å²) in [5, 5.41) is 3.56. The number of hydrogen-bond donors (Lipinski definition) is 1. The van der Waals surface area contributed by atoms with Gasteiger partial charge in [0.25, 0.3) is 0 Å². The van der Waals surface area contributed by atoms with E-state index in [9.17, 15) is 0 Å². The zero-order valence-corrected chi connectivity index (χ0v) is 12.8. The van der Waals surface area contributed by atoms with Gasteiger partial charge in [-0.2, -0.15) is 0 Å². The van der Waals surface area contributed by atoms with Crippen LogP contribution in [0.2, 0.25) is 0 Å². The summed E-state index contributed by atoms with van der Waals surface area (Å²) in [7, 11) is 0. The topological polar surface area (TPSA) is 15.3 Å². The van der Waals surface area contributed by atoms with Gasteiger partial charge in [-0.15, -0.1) is 0 Å². The Morgan fingerprint density at radius 1 is 1.20 bits per heavy atom. The first-order chi connectivity index (χ1) is 9.88. The van der Waals surface area contributed by atoms with E-state index in [-0.39, 0.29) is 0 Å². The van der Waals surface area contributed by atoms with Crippen LogP contribution in [0, 0.1) is 0 Å². The van der Waals surface area contributed by atoms with E-state index >= 15 is 0 Å². The van der Waals surface area contributed by atoms with E-state index in [0.29, 0.717) is 0 Å². The van der Waals surface area contributed by atoms with E-state index < -0.39 is 0 Å². The van der Waals surface area contributed by atoms with Crippen LogP contribution in [0.15, 0.2) is 18.2 Å². The molecule has 0 spiro atoms. The summed E-state index contributed by atoms with van der Waals surface area (Å²) in [4.78, 5) is 2.75. The molecule has 20 heavy (non-hydrogen) atoms. The van der Waals surface area contributed by atoms with Crippen LogP contribution in [0.25, 0.3) is 0 Å². The standard InChI is InChI=1S/C18H28N2/c1-2-16-9-4-3-5-13-20(16)14-15-8-6-11-18-17(15)10-7-12-19-18/h6,8,11,16,19H,2-5,7,9-10,12-14H2,1H3. The molecule has 1 atom stereocenters. The summed E-state index contributed by atoms with van der Waals surface area (Å²) >= 11 is 0. The monoisotopic (exact) mass is 272 g/mol. The Hall–Kier alpha value is -1.02. The number of nitrogens with zero attached hydrogens (tertiary/aromatic N) is 1. The molecule has 0 radical (unpaired) electrons. The summed E-state index contributed by atoms with van der Waals surface area (Å²) in [6.45, 7) is 5.93. The van der Waals surface area contributed by atoms with Gasteiger partial charge in [0.15, 0.2) is 0 Å². The number of benzene rings is 1. The zero-order valence-electron chi connectivity index (χ0n) is 12.8. The second-order valence-corrected chi connectivity index (χ2v) is 6.36. The van der Waals surface area contributed by atoms with Gasteiger partial charge in [0, 0.05) is 24.8 Å². The molecule has 0 aliphatic carbocycles. The molecule has 0 saturated carbocycles. The molecular weight excluding hydrogens is 244 g/mol. The van der Waals surface area contributed by atoms with E-state index in [4.69, 9.17) is 0 Å². The van der Waals surface area contributed by atoms with E-state index in [0.717, 1.165) is 19.1 Å². The number of hydrogen-bond acceptors (Lipinski definition) is 2. The highest BCUT2D eigenvalue weighted by Gasteiger charge is 2.21. The predicted octanol–water partition coefficient (Wildman–Crippen LogP) is 4.20. The molecule has 1 N–H and O–H groups in total.